The zero-order valence-electron chi connectivity index (χ0n) is 22.9. The van der Waals surface area contributed by atoms with E-state index >= 15 is 0 Å². The fourth-order valence-electron chi connectivity index (χ4n) is 5.54. The number of nitrogens with zero attached hydrogens (tertiary/aromatic N) is 6. The molecule has 4 heterocycles. The number of carbonyl (C=O) groups is 1. The first kappa shape index (κ1) is 26.0. The number of Topliss-reactive ketones (excluding diaryl/α,β-unsaturated/α-hetero) is 1. The number of carbonyl (C=O) groups excluding carboxylic acids is 1. The number of ether oxygens (including phenoxy) is 3. The monoisotopic (exact) mass is 544 g/mol. The van der Waals surface area contributed by atoms with Crippen molar-refractivity contribution in [3.63, 3.8) is 0 Å². The van der Waals surface area contributed by atoms with Gasteiger partial charge in [0.15, 0.2) is 17.3 Å². The van der Waals surface area contributed by atoms with Crippen LogP contribution in [-0.4, -0.2) is 78.9 Å². The summed E-state index contributed by atoms with van der Waals surface area (Å²) in [4.78, 5) is 44.1. The van der Waals surface area contributed by atoms with Crippen LogP contribution in [-0.2, 0) is 4.74 Å². The molecule has 2 aliphatic heterocycles. The van der Waals surface area contributed by atoms with Gasteiger partial charge >= 0.3 is 0 Å². The van der Waals surface area contributed by atoms with E-state index in [0.717, 1.165) is 42.7 Å². The zero-order valence-corrected chi connectivity index (χ0v) is 22.9. The second-order valence-electron chi connectivity index (χ2n) is 10.1. The minimum absolute atomic E-state index is 0.0110. The number of rotatable bonds is 6. The van der Waals surface area contributed by atoms with Crippen molar-refractivity contribution in [1.29, 1.82) is 0 Å². The minimum atomic E-state index is -0.120. The van der Waals surface area contributed by atoms with E-state index in [9.17, 15) is 9.59 Å². The smallest absolute Gasteiger partial charge is 0.261 e. The minimum Gasteiger partial charge on any atom is -0.493 e. The number of morpholine rings is 1. The van der Waals surface area contributed by atoms with E-state index in [0.29, 0.717) is 60.2 Å². The largest absolute Gasteiger partial charge is 0.493 e. The molecule has 2 aromatic carbocycles. The number of ketones is 1. The number of fused-ring (bicyclic) bond motifs is 2. The Morgan fingerprint density at radius 1 is 0.900 bits per heavy atom. The summed E-state index contributed by atoms with van der Waals surface area (Å²) < 4.78 is 18.4. The van der Waals surface area contributed by atoms with E-state index in [4.69, 9.17) is 24.2 Å². The van der Waals surface area contributed by atoms with Gasteiger partial charge in [0.1, 0.15) is 5.82 Å². The predicted octanol–water partition coefficient (Wildman–Crippen LogP) is 3.24. The van der Waals surface area contributed by atoms with Crippen LogP contribution in [0.5, 0.6) is 11.5 Å². The van der Waals surface area contributed by atoms with Gasteiger partial charge in [0.2, 0.25) is 5.95 Å². The fourth-order valence-corrected chi connectivity index (χ4v) is 5.54. The van der Waals surface area contributed by atoms with Crippen LogP contribution in [0, 0.1) is 0 Å². The van der Waals surface area contributed by atoms with E-state index in [-0.39, 0.29) is 17.4 Å². The van der Waals surface area contributed by atoms with Crippen molar-refractivity contribution in [2.24, 2.45) is 0 Å². The van der Waals surface area contributed by atoms with Crippen molar-refractivity contribution in [2.45, 2.75) is 25.8 Å². The summed E-state index contributed by atoms with van der Waals surface area (Å²) in [6, 6.07) is 8.91. The molecular weight excluding hydrogens is 512 g/mol. The van der Waals surface area contributed by atoms with Crippen molar-refractivity contribution in [3.8, 4) is 11.5 Å². The summed E-state index contributed by atoms with van der Waals surface area (Å²) >= 11 is 0. The third-order valence-corrected chi connectivity index (χ3v) is 7.81. The van der Waals surface area contributed by atoms with Gasteiger partial charge in [0.25, 0.3) is 5.56 Å². The van der Waals surface area contributed by atoms with E-state index in [1.165, 1.54) is 6.92 Å². The molecule has 6 rings (SSSR count). The number of anilines is 2. The first-order valence-corrected chi connectivity index (χ1v) is 13.5. The van der Waals surface area contributed by atoms with Crippen LogP contribution in [0.3, 0.4) is 0 Å². The van der Waals surface area contributed by atoms with Crippen LogP contribution in [0.4, 0.5) is 11.8 Å². The molecule has 208 valence electrons. The molecule has 0 spiro atoms. The Kier molecular flexibility index (Phi) is 6.97. The van der Waals surface area contributed by atoms with Crippen molar-refractivity contribution < 1.29 is 19.0 Å². The third-order valence-electron chi connectivity index (χ3n) is 7.81. The molecular formula is C29H32N6O5. The lowest BCUT2D eigenvalue weighted by atomic mass is 10.0. The average molecular weight is 545 g/mol. The maximum atomic E-state index is 13.4. The summed E-state index contributed by atoms with van der Waals surface area (Å²) in [6.07, 6.45) is 3.11. The zero-order chi connectivity index (χ0) is 27.8. The molecule has 2 saturated heterocycles. The highest BCUT2D eigenvalue weighted by atomic mass is 16.5. The quantitative estimate of drug-likeness (QED) is 0.335. The van der Waals surface area contributed by atoms with Gasteiger partial charge in [-0.1, -0.05) is 0 Å². The molecule has 11 heteroatoms. The molecule has 0 unspecified atom stereocenters. The van der Waals surface area contributed by atoms with Gasteiger partial charge in [-0.25, -0.2) is 9.97 Å². The van der Waals surface area contributed by atoms with Crippen LogP contribution in [0.1, 0.15) is 36.2 Å². The topological polar surface area (TPSA) is 112 Å². The second-order valence-corrected chi connectivity index (χ2v) is 10.1. The third kappa shape index (κ3) is 4.70. The Morgan fingerprint density at radius 3 is 2.33 bits per heavy atom. The van der Waals surface area contributed by atoms with E-state index in [2.05, 4.69) is 14.8 Å². The first-order chi connectivity index (χ1) is 19.5. The number of hydrogen-bond acceptors (Lipinski definition) is 10. The molecule has 0 bridgehead atoms. The Balaban J connectivity index is 1.33. The van der Waals surface area contributed by atoms with Crippen molar-refractivity contribution in [3.05, 3.63) is 52.6 Å². The molecule has 2 fully saturated rings. The van der Waals surface area contributed by atoms with Crippen LogP contribution in [0.2, 0.25) is 0 Å². The Bertz CT molecular complexity index is 1640. The van der Waals surface area contributed by atoms with Crippen LogP contribution >= 0.6 is 0 Å². The summed E-state index contributed by atoms with van der Waals surface area (Å²) in [6.45, 7) is 5.62. The number of methoxy groups -OCH3 is 2. The van der Waals surface area contributed by atoms with Crippen LogP contribution in [0.25, 0.3) is 21.8 Å². The van der Waals surface area contributed by atoms with Crippen LogP contribution < -0.4 is 24.8 Å². The Hall–Kier alpha value is -4.25. The average Bonchev–Trinajstić information content (AvgIpc) is 3.00. The SMILES string of the molecule is COc1cc2nc(N3CCOCC3)nc(N3CCC(n4cnc5ccc(C(C)=O)cc5c4=O)CC3)c2cc1OC. The van der Waals surface area contributed by atoms with Gasteiger partial charge < -0.3 is 24.0 Å². The summed E-state index contributed by atoms with van der Waals surface area (Å²) in [5.74, 6) is 2.65. The molecule has 2 aliphatic rings. The van der Waals surface area contributed by atoms with Crippen molar-refractivity contribution in [2.75, 3.05) is 63.4 Å². The molecule has 0 aliphatic carbocycles. The predicted molar refractivity (Wildman–Crippen MR) is 152 cm³/mol. The normalized spacial score (nSPS) is 16.5. The van der Waals surface area contributed by atoms with Gasteiger partial charge in [0.05, 0.1) is 50.2 Å². The lowest BCUT2D eigenvalue weighted by Gasteiger charge is -2.35. The molecule has 2 aromatic heterocycles. The van der Waals surface area contributed by atoms with Gasteiger partial charge in [-0.3, -0.25) is 14.2 Å². The van der Waals surface area contributed by atoms with E-state index in [1.54, 1.807) is 43.3 Å². The maximum Gasteiger partial charge on any atom is 0.261 e. The Labute approximate surface area is 231 Å². The van der Waals surface area contributed by atoms with Gasteiger partial charge in [-0.2, -0.15) is 4.98 Å². The summed E-state index contributed by atoms with van der Waals surface area (Å²) in [5.41, 5.74) is 1.77. The number of piperidine rings is 1. The van der Waals surface area contributed by atoms with Crippen molar-refractivity contribution in [1.82, 2.24) is 19.5 Å². The van der Waals surface area contributed by atoms with E-state index < -0.39 is 0 Å². The second kappa shape index (κ2) is 10.7. The number of aromatic nitrogens is 4. The lowest BCUT2D eigenvalue weighted by molar-refractivity contribution is 0.101. The van der Waals surface area contributed by atoms with Gasteiger partial charge in [-0.15, -0.1) is 0 Å². The molecule has 0 atom stereocenters. The molecule has 0 amide bonds. The summed E-state index contributed by atoms with van der Waals surface area (Å²) in [7, 11) is 3.23. The lowest BCUT2D eigenvalue weighted by Crippen LogP contribution is -2.39. The maximum absolute atomic E-state index is 13.4. The number of benzene rings is 2. The molecule has 0 saturated carbocycles. The highest BCUT2D eigenvalue weighted by Gasteiger charge is 2.27. The molecule has 40 heavy (non-hydrogen) atoms. The fraction of sp³-hybridized carbons (Fsp3) is 0.414. The van der Waals surface area contributed by atoms with Gasteiger partial charge in [-0.05, 0) is 44.0 Å². The van der Waals surface area contributed by atoms with E-state index in [1.807, 2.05) is 12.1 Å². The van der Waals surface area contributed by atoms with Gasteiger partial charge in [0, 0.05) is 49.2 Å². The molecule has 11 nitrogen and oxygen atoms in total. The van der Waals surface area contributed by atoms with Crippen LogP contribution in [0.15, 0.2) is 41.5 Å². The molecule has 0 N–H and O–H groups in total. The Morgan fingerprint density at radius 2 is 1.62 bits per heavy atom. The molecule has 4 aromatic rings. The summed E-state index contributed by atoms with van der Waals surface area (Å²) in [5, 5.41) is 1.35. The first-order valence-electron chi connectivity index (χ1n) is 13.5. The number of hydrogen-bond donors (Lipinski definition) is 0. The standard InChI is InChI=1S/C29H32N6O5/c1-18(36)19-4-5-23-22(14-19)28(37)35(17-30-23)20-6-8-33(9-7-20)27-21-15-25(38-2)26(39-3)16-24(21)31-29(32-27)34-10-12-40-13-11-34/h4-5,14-17,20H,6-13H2,1-3H3. The highest BCUT2D eigenvalue weighted by Crippen LogP contribution is 2.37. The highest BCUT2D eigenvalue weighted by molar-refractivity contribution is 5.97. The van der Waals surface area contributed by atoms with Crippen molar-refractivity contribution >= 4 is 39.4 Å². The molecule has 0 radical (unpaired) electrons.